The molecule has 30 heavy (non-hydrogen) atoms. The van der Waals surface area contributed by atoms with Gasteiger partial charge in [-0.1, -0.05) is 31.2 Å². The van der Waals surface area contributed by atoms with E-state index in [9.17, 15) is 9.59 Å². The number of amides is 2. The molecular formula is C20H29IN6O3. The van der Waals surface area contributed by atoms with E-state index in [-0.39, 0.29) is 65.4 Å². The zero-order chi connectivity index (χ0) is 20.5. The second-order valence-electron chi connectivity index (χ2n) is 8.20. The van der Waals surface area contributed by atoms with Crippen molar-refractivity contribution in [1.82, 2.24) is 25.7 Å². The first-order valence-electron chi connectivity index (χ1n) is 10.3. The topological polar surface area (TPSA) is 113 Å². The molecule has 2 N–H and O–H groups in total. The lowest BCUT2D eigenvalue weighted by Gasteiger charge is -2.18. The molecule has 2 heterocycles. The van der Waals surface area contributed by atoms with Gasteiger partial charge in [-0.3, -0.25) is 19.5 Å². The molecule has 2 fully saturated rings. The van der Waals surface area contributed by atoms with E-state index >= 15 is 0 Å². The van der Waals surface area contributed by atoms with Gasteiger partial charge in [-0.05, 0) is 18.3 Å². The summed E-state index contributed by atoms with van der Waals surface area (Å²) < 4.78 is 5.22. The largest absolute Gasteiger partial charge is 0.356 e. The third kappa shape index (κ3) is 4.23. The number of allylic oxidation sites excluding steroid dienone is 2. The number of aliphatic imine (C=N–C) groups is 1. The summed E-state index contributed by atoms with van der Waals surface area (Å²) in [6, 6.07) is 0. The maximum atomic E-state index is 12.7. The van der Waals surface area contributed by atoms with Crippen molar-refractivity contribution in [2.75, 3.05) is 26.7 Å². The molecule has 4 atom stereocenters. The number of fused-ring (bicyclic) bond motifs is 5. The highest BCUT2D eigenvalue weighted by atomic mass is 127. The number of halogens is 1. The van der Waals surface area contributed by atoms with Crippen LogP contribution in [0.5, 0.6) is 0 Å². The average molecular weight is 528 g/mol. The summed E-state index contributed by atoms with van der Waals surface area (Å²) in [7, 11) is 1.68. The van der Waals surface area contributed by atoms with Crippen LogP contribution in [0.1, 0.15) is 37.9 Å². The maximum Gasteiger partial charge on any atom is 0.233 e. The number of aromatic nitrogens is 2. The standard InChI is InChI=1S/C20H28N6O3.HI/c1-11(2)17-24-14(29-25-17)6-7-22-20(21-3)23-8-9-26-18(27)15-12-4-5-13(10-12)16(15)19(26)28;/h4-5,11-13,15-16H,6-10H2,1-3H3,(H2,21,22,23);1H. The second-order valence-corrected chi connectivity index (χ2v) is 8.20. The van der Waals surface area contributed by atoms with Crippen molar-refractivity contribution in [3.8, 4) is 0 Å². The van der Waals surface area contributed by atoms with Gasteiger partial charge in [0.1, 0.15) is 0 Å². The highest BCUT2D eigenvalue weighted by Crippen LogP contribution is 2.52. The molecule has 9 nitrogen and oxygen atoms in total. The van der Waals surface area contributed by atoms with Gasteiger partial charge < -0.3 is 15.2 Å². The Morgan fingerprint density at radius 1 is 1.20 bits per heavy atom. The van der Waals surface area contributed by atoms with Gasteiger partial charge in [-0.25, -0.2) is 0 Å². The molecule has 2 bridgehead atoms. The van der Waals surface area contributed by atoms with E-state index in [4.69, 9.17) is 4.52 Å². The number of nitrogens with zero attached hydrogens (tertiary/aromatic N) is 4. The number of hydrogen-bond acceptors (Lipinski definition) is 6. The molecule has 1 aliphatic heterocycles. The highest BCUT2D eigenvalue weighted by molar-refractivity contribution is 14.0. The number of carbonyl (C=O) groups excluding carboxylic acids is 2. The number of imide groups is 1. The van der Waals surface area contributed by atoms with Crippen LogP contribution in [0.15, 0.2) is 21.7 Å². The van der Waals surface area contributed by atoms with E-state index in [0.717, 1.165) is 6.42 Å². The first-order chi connectivity index (χ1) is 14.0. The lowest BCUT2D eigenvalue weighted by molar-refractivity contribution is -0.140. The van der Waals surface area contributed by atoms with E-state index in [1.54, 1.807) is 7.05 Å². The van der Waals surface area contributed by atoms with Crippen LogP contribution in [0.2, 0.25) is 0 Å². The normalized spacial score (nSPS) is 27.1. The molecule has 2 amide bonds. The molecule has 2 aliphatic carbocycles. The second kappa shape index (κ2) is 9.44. The van der Waals surface area contributed by atoms with Gasteiger partial charge in [-0.15, -0.1) is 24.0 Å². The summed E-state index contributed by atoms with van der Waals surface area (Å²) >= 11 is 0. The van der Waals surface area contributed by atoms with Crippen molar-refractivity contribution < 1.29 is 14.1 Å². The van der Waals surface area contributed by atoms with Gasteiger partial charge in [-0.2, -0.15) is 4.98 Å². The fourth-order valence-electron chi connectivity index (χ4n) is 4.58. The predicted molar refractivity (Wildman–Crippen MR) is 121 cm³/mol. The summed E-state index contributed by atoms with van der Waals surface area (Å²) in [6.45, 7) is 5.43. The third-order valence-corrected chi connectivity index (χ3v) is 6.04. The highest BCUT2D eigenvalue weighted by Gasteiger charge is 2.58. The molecule has 1 saturated carbocycles. The molecule has 0 aromatic carbocycles. The number of hydrogen-bond donors (Lipinski definition) is 2. The molecule has 1 saturated heterocycles. The lowest BCUT2D eigenvalue weighted by atomic mass is 9.85. The minimum atomic E-state index is -0.139. The SMILES string of the molecule is CN=C(NCCc1nc(C(C)C)no1)NCCN1C(=O)C2C3C=CC(C3)C2C1=O.I. The number of likely N-dealkylation sites (tertiary alicyclic amines) is 1. The van der Waals surface area contributed by atoms with Gasteiger partial charge in [0.05, 0.1) is 11.8 Å². The Hall–Kier alpha value is -1.98. The Morgan fingerprint density at radius 3 is 2.40 bits per heavy atom. The van der Waals surface area contributed by atoms with Crippen LogP contribution < -0.4 is 10.6 Å². The third-order valence-electron chi connectivity index (χ3n) is 6.04. The van der Waals surface area contributed by atoms with Crippen molar-refractivity contribution in [1.29, 1.82) is 0 Å². The number of rotatable bonds is 7. The van der Waals surface area contributed by atoms with Crippen molar-refractivity contribution in [3.05, 3.63) is 23.9 Å². The summed E-state index contributed by atoms with van der Waals surface area (Å²) in [5, 5.41) is 10.3. The van der Waals surface area contributed by atoms with Crippen LogP contribution in [0.4, 0.5) is 0 Å². The Balaban J connectivity index is 0.00000256. The Kier molecular flexibility index (Phi) is 7.14. The maximum absolute atomic E-state index is 12.7. The number of carbonyl (C=O) groups is 2. The molecule has 1 aromatic rings. The first-order valence-corrected chi connectivity index (χ1v) is 10.3. The van der Waals surface area contributed by atoms with Crippen LogP contribution in [-0.2, 0) is 16.0 Å². The Morgan fingerprint density at radius 2 is 1.83 bits per heavy atom. The first kappa shape index (κ1) is 22.7. The average Bonchev–Trinajstić information content (AvgIpc) is 3.47. The molecule has 10 heteroatoms. The van der Waals surface area contributed by atoms with Gasteiger partial charge >= 0.3 is 0 Å². The molecule has 4 unspecified atom stereocenters. The molecule has 0 radical (unpaired) electrons. The van der Waals surface area contributed by atoms with Gasteiger partial charge in [0.2, 0.25) is 17.7 Å². The van der Waals surface area contributed by atoms with E-state index in [0.29, 0.717) is 43.7 Å². The van der Waals surface area contributed by atoms with Crippen LogP contribution in [0, 0.1) is 23.7 Å². The predicted octanol–water partition coefficient (Wildman–Crippen LogP) is 1.33. The molecule has 1 aromatic heterocycles. The van der Waals surface area contributed by atoms with Crippen LogP contribution in [0.3, 0.4) is 0 Å². The molecule has 0 spiro atoms. The summed E-state index contributed by atoms with van der Waals surface area (Å²) in [5.41, 5.74) is 0. The fraction of sp³-hybridized carbons (Fsp3) is 0.650. The van der Waals surface area contributed by atoms with Gasteiger partial charge in [0.15, 0.2) is 11.8 Å². The van der Waals surface area contributed by atoms with Crippen molar-refractivity contribution in [3.63, 3.8) is 0 Å². The Bertz CT molecular complexity index is 821. The summed E-state index contributed by atoms with van der Waals surface area (Å²) in [6.07, 6.45) is 5.76. The van der Waals surface area contributed by atoms with Crippen LogP contribution in [0.25, 0.3) is 0 Å². The molecule has 4 rings (SSSR count). The monoisotopic (exact) mass is 528 g/mol. The van der Waals surface area contributed by atoms with E-state index in [2.05, 4.69) is 37.9 Å². The summed E-state index contributed by atoms with van der Waals surface area (Å²) in [5.74, 6) is 2.31. The summed E-state index contributed by atoms with van der Waals surface area (Å²) in [4.78, 5) is 35.3. The Labute approximate surface area is 193 Å². The minimum Gasteiger partial charge on any atom is -0.356 e. The fourth-order valence-corrected chi connectivity index (χ4v) is 4.58. The van der Waals surface area contributed by atoms with Crippen LogP contribution >= 0.6 is 24.0 Å². The van der Waals surface area contributed by atoms with Crippen molar-refractivity contribution in [2.24, 2.45) is 28.7 Å². The smallest absolute Gasteiger partial charge is 0.233 e. The van der Waals surface area contributed by atoms with Crippen molar-refractivity contribution in [2.45, 2.75) is 32.6 Å². The van der Waals surface area contributed by atoms with E-state index < -0.39 is 0 Å². The quantitative estimate of drug-likeness (QED) is 0.181. The number of guanidine groups is 1. The number of nitrogens with one attached hydrogen (secondary N) is 2. The van der Waals surface area contributed by atoms with Gasteiger partial charge in [0, 0.05) is 39.0 Å². The molecule has 3 aliphatic rings. The van der Waals surface area contributed by atoms with E-state index in [1.807, 2.05) is 13.8 Å². The van der Waals surface area contributed by atoms with Crippen LogP contribution in [-0.4, -0.2) is 59.5 Å². The molecule has 164 valence electrons. The minimum absolute atomic E-state index is 0. The molecular weight excluding hydrogens is 499 g/mol. The van der Waals surface area contributed by atoms with Gasteiger partial charge in [0.25, 0.3) is 0 Å². The zero-order valence-corrected chi connectivity index (χ0v) is 19.8. The van der Waals surface area contributed by atoms with Crippen molar-refractivity contribution >= 4 is 41.8 Å². The van der Waals surface area contributed by atoms with E-state index in [1.165, 1.54) is 4.90 Å². The lowest BCUT2D eigenvalue weighted by Crippen LogP contribution is -2.44. The zero-order valence-electron chi connectivity index (χ0n) is 17.5.